The van der Waals surface area contributed by atoms with E-state index in [1.54, 1.807) is 0 Å². The molecule has 3 heteroatoms. The molecule has 1 heterocycles. The Kier molecular flexibility index (Phi) is 5.25. The molecule has 0 N–H and O–H groups in total. The molecule has 0 bridgehead atoms. The molecule has 0 aromatic rings. The second-order valence-corrected chi connectivity index (χ2v) is 6.66. The Morgan fingerprint density at radius 1 is 1.30 bits per heavy atom. The molecule has 3 nitrogen and oxygen atoms in total. The van der Waals surface area contributed by atoms with Crippen LogP contribution in [0.2, 0.25) is 0 Å². The van der Waals surface area contributed by atoms with Gasteiger partial charge in [-0.1, -0.05) is 26.2 Å². The molecule has 0 aromatic carbocycles. The number of rotatable bonds is 5. The molecular weight excluding hydrogens is 252 g/mol. The summed E-state index contributed by atoms with van der Waals surface area (Å²) < 4.78 is 11.9. The molecule has 1 saturated heterocycles. The molecular formula is C17H30O3. The van der Waals surface area contributed by atoms with Crippen LogP contribution in [-0.2, 0) is 14.3 Å². The van der Waals surface area contributed by atoms with E-state index in [1.165, 1.54) is 19.3 Å². The van der Waals surface area contributed by atoms with Crippen molar-refractivity contribution in [2.45, 2.75) is 83.3 Å². The lowest BCUT2D eigenvalue weighted by atomic mass is 9.72. The highest BCUT2D eigenvalue weighted by molar-refractivity contribution is 5.89. The fourth-order valence-electron chi connectivity index (χ4n) is 3.89. The van der Waals surface area contributed by atoms with Crippen LogP contribution in [0.5, 0.6) is 0 Å². The highest BCUT2D eigenvalue weighted by atomic mass is 16.5. The molecule has 116 valence electrons. The minimum Gasteiger partial charge on any atom is -0.375 e. The summed E-state index contributed by atoms with van der Waals surface area (Å²) in [6.45, 7) is 7.31. The van der Waals surface area contributed by atoms with Crippen molar-refractivity contribution in [1.82, 2.24) is 0 Å². The van der Waals surface area contributed by atoms with E-state index in [4.69, 9.17) is 9.47 Å². The summed E-state index contributed by atoms with van der Waals surface area (Å²) in [6.07, 6.45) is 8.61. The van der Waals surface area contributed by atoms with Crippen molar-refractivity contribution in [3.63, 3.8) is 0 Å². The standard InChI is InChI=1S/C17H30O3/c1-4-16(3,19-5-2)15(18)14-9-12-20-17(13-14)10-7-6-8-11-17/h14H,4-13H2,1-3H3. The predicted molar refractivity (Wildman–Crippen MR) is 79.8 cm³/mol. The second kappa shape index (κ2) is 6.57. The molecule has 2 fully saturated rings. The zero-order valence-electron chi connectivity index (χ0n) is 13.4. The first kappa shape index (κ1) is 16.0. The van der Waals surface area contributed by atoms with E-state index in [2.05, 4.69) is 0 Å². The van der Waals surface area contributed by atoms with Gasteiger partial charge in [0.25, 0.3) is 0 Å². The van der Waals surface area contributed by atoms with Gasteiger partial charge in [-0.15, -0.1) is 0 Å². The Labute approximate surface area is 123 Å². The summed E-state index contributed by atoms with van der Waals surface area (Å²) in [5.41, 5.74) is -0.607. The molecule has 1 aliphatic heterocycles. The number of carbonyl (C=O) groups is 1. The molecule has 1 saturated carbocycles. The smallest absolute Gasteiger partial charge is 0.167 e. The van der Waals surface area contributed by atoms with Gasteiger partial charge >= 0.3 is 0 Å². The van der Waals surface area contributed by atoms with Gasteiger partial charge in [0.05, 0.1) is 5.60 Å². The lowest BCUT2D eigenvalue weighted by molar-refractivity contribution is -0.161. The Bertz CT molecular complexity index is 328. The molecule has 1 spiro atoms. The molecule has 20 heavy (non-hydrogen) atoms. The number of ether oxygens (including phenoxy) is 2. The highest BCUT2D eigenvalue weighted by Gasteiger charge is 2.45. The molecule has 1 aliphatic carbocycles. The van der Waals surface area contributed by atoms with E-state index in [0.29, 0.717) is 12.4 Å². The first-order valence-electron chi connectivity index (χ1n) is 8.37. The maximum absolute atomic E-state index is 12.9. The molecule has 2 aliphatic rings. The van der Waals surface area contributed by atoms with Crippen LogP contribution in [-0.4, -0.2) is 30.2 Å². The minimum absolute atomic E-state index is 0.00229. The summed E-state index contributed by atoms with van der Waals surface area (Å²) >= 11 is 0. The van der Waals surface area contributed by atoms with Crippen LogP contribution >= 0.6 is 0 Å². The van der Waals surface area contributed by atoms with E-state index in [-0.39, 0.29) is 11.5 Å². The topological polar surface area (TPSA) is 35.5 Å². The molecule has 0 amide bonds. The van der Waals surface area contributed by atoms with Crippen molar-refractivity contribution in [1.29, 1.82) is 0 Å². The Morgan fingerprint density at radius 2 is 2.00 bits per heavy atom. The average molecular weight is 282 g/mol. The van der Waals surface area contributed by atoms with Gasteiger partial charge in [-0.2, -0.15) is 0 Å². The molecule has 2 rings (SSSR count). The van der Waals surface area contributed by atoms with Crippen LogP contribution in [0.1, 0.15) is 72.1 Å². The Hall–Kier alpha value is -0.410. The number of ketones is 1. The number of Topliss-reactive ketones (excluding diaryl/α,β-unsaturated/α-hetero) is 1. The average Bonchev–Trinajstić information content (AvgIpc) is 2.47. The van der Waals surface area contributed by atoms with E-state index in [0.717, 1.165) is 38.7 Å². The zero-order chi connectivity index (χ0) is 14.6. The van der Waals surface area contributed by atoms with E-state index < -0.39 is 5.60 Å². The van der Waals surface area contributed by atoms with Gasteiger partial charge in [-0.05, 0) is 46.0 Å². The van der Waals surface area contributed by atoms with Crippen LogP contribution in [0.15, 0.2) is 0 Å². The third-order valence-corrected chi connectivity index (χ3v) is 5.29. The van der Waals surface area contributed by atoms with Gasteiger partial charge in [0.2, 0.25) is 0 Å². The lowest BCUT2D eigenvalue weighted by Gasteiger charge is -2.44. The van der Waals surface area contributed by atoms with E-state index in [9.17, 15) is 4.79 Å². The van der Waals surface area contributed by atoms with E-state index >= 15 is 0 Å². The number of hydrogen-bond donors (Lipinski definition) is 0. The van der Waals surface area contributed by atoms with Crippen molar-refractivity contribution in [3.8, 4) is 0 Å². The van der Waals surface area contributed by atoms with Crippen molar-refractivity contribution in [2.75, 3.05) is 13.2 Å². The first-order valence-corrected chi connectivity index (χ1v) is 8.37. The molecule has 0 aromatic heterocycles. The fourth-order valence-corrected chi connectivity index (χ4v) is 3.89. The van der Waals surface area contributed by atoms with Gasteiger partial charge in [0, 0.05) is 19.1 Å². The van der Waals surface area contributed by atoms with Crippen LogP contribution < -0.4 is 0 Å². The van der Waals surface area contributed by atoms with Crippen LogP contribution in [0.4, 0.5) is 0 Å². The summed E-state index contributed by atoms with van der Waals surface area (Å²) in [6, 6.07) is 0. The third kappa shape index (κ3) is 3.25. The van der Waals surface area contributed by atoms with E-state index in [1.807, 2.05) is 20.8 Å². The van der Waals surface area contributed by atoms with Gasteiger partial charge in [-0.25, -0.2) is 0 Å². The summed E-state index contributed by atoms with van der Waals surface area (Å²) in [7, 11) is 0. The third-order valence-electron chi connectivity index (χ3n) is 5.29. The van der Waals surface area contributed by atoms with Crippen LogP contribution in [0.3, 0.4) is 0 Å². The first-order chi connectivity index (χ1) is 9.55. The quantitative estimate of drug-likeness (QED) is 0.767. The molecule has 2 unspecified atom stereocenters. The lowest BCUT2D eigenvalue weighted by Crippen LogP contribution is -2.49. The van der Waals surface area contributed by atoms with Gasteiger partial charge in [0.15, 0.2) is 5.78 Å². The minimum atomic E-state index is -0.605. The van der Waals surface area contributed by atoms with Gasteiger partial charge < -0.3 is 9.47 Å². The van der Waals surface area contributed by atoms with Crippen molar-refractivity contribution < 1.29 is 14.3 Å². The van der Waals surface area contributed by atoms with Crippen LogP contribution in [0, 0.1) is 5.92 Å². The van der Waals surface area contributed by atoms with Crippen LogP contribution in [0.25, 0.3) is 0 Å². The Balaban J connectivity index is 2.06. The summed E-state index contributed by atoms with van der Waals surface area (Å²) in [5.74, 6) is 0.424. The largest absolute Gasteiger partial charge is 0.375 e. The predicted octanol–water partition coefficient (Wildman–Crippen LogP) is 3.89. The second-order valence-electron chi connectivity index (χ2n) is 6.66. The fraction of sp³-hybridized carbons (Fsp3) is 0.941. The zero-order valence-corrected chi connectivity index (χ0v) is 13.4. The van der Waals surface area contributed by atoms with Gasteiger partial charge in [0.1, 0.15) is 5.60 Å². The number of hydrogen-bond acceptors (Lipinski definition) is 3. The number of carbonyl (C=O) groups excluding carboxylic acids is 1. The summed E-state index contributed by atoms with van der Waals surface area (Å²) in [4.78, 5) is 12.9. The van der Waals surface area contributed by atoms with Crippen molar-refractivity contribution >= 4 is 5.78 Å². The molecule has 0 radical (unpaired) electrons. The maximum Gasteiger partial charge on any atom is 0.167 e. The van der Waals surface area contributed by atoms with Crippen molar-refractivity contribution in [2.24, 2.45) is 5.92 Å². The SMILES string of the molecule is CCOC(C)(CC)C(=O)C1CCOC2(CCCCC2)C1. The van der Waals surface area contributed by atoms with Crippen molar-refractivity contribution in [3.05, 3.63) is 0 Å². The van der Waals surface area contributed by atoms with Gasteiger partial charge in [-0.3, -0.25) is 4.79 Å². The maximum atomic E-state index is 12.9. The highest BCUT2D eigenvalue weighted by Crippen LogP contribution is 2.42. The summed E-state index contributed by atoms with van der Waals surface area (Å²) in [5, 5.41) is 0. The molecule has 2 atom stereocenters. The Morgan fingerprint density at radius 3 is 2.60 bits per heavy atom. The normalized spacial score (nSPS) is 29.1. The monoisotopic (exact) mass is 282 g/mol.